The van der Waals surface area contributed by atoms with Crippen molar-refractivity contribution >= 4 is 27.8 Å². The summed E-state index contributed by atoms with van der Waals surface area (Å²) in [6, 6.07) is 55.4. The molecule has 0 amide bonds. The van der Waals surface area contributed by atoms with Gasteiger partial charge in [-0.2, -0.15) is 0 Å². The third kappa shape index (κ3) is 6.28. The van der Waals surface area contributed by atoms with E-state index in [2.05, 4.69) is 192 Å². The molecular formula is C54H53N. The van der Waals surface area contributed by atoms with Gasteiger partial charge in [-0.3, -0.25) is 0 Å². The molecule has 1 nitrogen and oxygen atoms in total. The Morgan fingerprint density at radius 3 is 1.89 bits per heavy atom. The fourth-order valence-electron chi connectivity index (χ4n) is 9.71. The van der Waals surface area contributed by atoms with E-state index in [4.69, 9.17) is 0 Å². The predicted octanol–water partition coefficient (Wildman–Crippen LogP) is 15.6. The lowest BCUT2D eigenvalue weighted by Gasteiger charge is -2.31. The Morgan fingerprint density at radius 2 is 1.18 bits per heavy atom. The Hall–Kier alpha value is -5.40. The SMILES string of the molecule is Cc1cccc2c1-c1ccc(N(c3ccc(-c4ccc(C5CCCCC5)cc4)cc3)c3cc4ccccc4cc3-c3ccccc3C(C)(C)C)cc1C2(C)C. The van der Waals surface area contributed by atoms with Crippen molar-refractivity contribution in [2.45, 2.75) is 90.4 Å². The van der Waals surface area contributed by atoms with E-state index in [9.17, 15) is 0 Å². The minimum atomic E-state index is -0.114. The average molecular weight is 716 g/mol. The fourth-order valence-corrected chi connectivity index (χ4v) is 9.71. The first kappa shape index (κ1) is 35.3. The van der Waals surface area contributed by atoms with Crippen LogP contribution in [-0.4, -0.2) is 0 Å². The molecule has 55 heavy (non-hydrogen) atoms. The predicted molar refractivity (Wildman–Crippen MR) is 236 cm³/mol. The molecule has 9 rings (SSSR count). The van der Waals surface area contributed by atoms with Gasteiger partial charge < -0.3 is 4.90 Å². The summed E-state index contributed by atoms with van der Waals surface area (Å²) >= 11 is 0. The van der Waals surface area contributed by atoms with Gasteiger partial charge in [-0.05, 0) is 134 Å². The number of aryl methyl sites for hydroxylation is 1. The van der Waals surface area contributed by atoms with Crippen LogP contribution >= 0.6 is 0 Å². The first-order valence-electron chi connectivity index (χ1n) is 20.5. The second kappa shape index (κ2) is 13.7. The molecule has 2 aliphatic rings. The van der Waals surface area contributed by atoms with Gasteiger partial charge in [0.25, 0.3) is 0 Å². The van der Waals surface area contributed by atoms with E-state index in [1.165, 1.54) is 115 Å². The zero-order chi connectivity index (χ0) is 37.9. The number of benzene rings is 7. The molecule has 0 atom stereocenters. The third-order valence-corrected chi connectivity index (χ3v) is 12.7. The van der Waals surface area contributed by atoms with Gasteiger partial charge in [-0.25, -0.2) is 0 Å². The third-order valence-electron chi connectivity index (χ3n) is 12.7. The lowest BCUT2D eigenvalue weighted by molar-refractivity contribution is 0.443. The number of hydrogen-bond acceptors (Lipinski definition) is 1. The highest BCUT2D eigenvalue weighted by Crippen LogP contribution is 2.53. The highest BCUT2D eigenvalue weighted by Gasteiger charge is 2.37. The molecule has 0 unspecified atom stereocenters. The second-order valence-corrected chi connectivity index (χ2v) is 17.7. The van der Waals surface area contributed by atoms with Crippen LogP contribution in [0.25, 0.3) is 44.2 Å². The maximum atomic E-state index is 2.52. The molecule has 7 aromatic carbocycles. The fraction of sp³-hybridized carbons (Fsp3) is 0.259. The van der Waals surface area contributed by atoms with Crippen molar-refractivity contribution in [3.05, 3.63) is 173 Å². The summed E-state index contributed by atoms with van der Waals surface area (Å²) in [7, 11) is 0. The standard InChI is InChI=1S/C54H53N/c1-36-15-14-22-49-52(36)46-32-31-44(35-50(46)54(49,5)6)55(43-29-27-40(28-30-43)39-25-23-38(24-26-39)37-16-8-7-9-17-37)51-34-42-19-11-10-18-41(42)33-47(51)45-20-12-13-21-48(45)53(2,3)4/h10-15,18-35,37H,7-9,16-17H2,1-6H3. The van der Waals surface area contributed by atoms with Crippen molar-refractivity contribution in [1.29, 1.82) is 0 Å². The van der Waals surface area contributed by atoms with Crippen LogP contribution in [0.2, 0.25) is 0 Å². The lowest BCUT2D eigenvalue weighted by Crippen LogP contribution is -2.17. The van der Waals surface area contributed by atoms with Crippen LogP contribution in [-0.2, 0) is 10.8 Å². The molecule has 0 spiro atoms. The Kier molecular flexibility index (Phi) is 8.81. The van der Waals surface area contributed by atoms with Crippen molar-refractivity contribution in [2.24, 2.45) is 0 Å². The largest absolute Gasteiger partial charge is 0.310 e. The minimum absolute atomic E-state index is 0.0280. The van der Waals surface area contributed by atoms with E-state index in [1.54, 1.807) is 0 Å². The van der Waals surface area contributed by atoms with E-state index in [1.807, 2.05) is 0 Å². The summed E-state index contributed by atoms with van der Waals surface area (Å²) in [5, 5.41) is 2.48. The number of anilines is 3. The quantitative estimate of drug-likeness (QED) is 0.166. The Balaban J connectivity index is 1.23. The number of nitrogens with zero attached hydrogens (tertiary/aromatic N) is 1. The van der Waals surface area contributed by atoms with Crippen LogP contribution in [0.4, 0.5) is 17.1 Å². The van der Waals surface area contributed by atoms with Gasteiger partial charge in [0.2, 0.25) is 0 Å². The van der Waals surface area contributed by atoms with Crippen molar-refractivity contribution in [2.75, 3.05) is 4.90 Å². The van der Waals surface area contributed by atoms with Crippen molar-refractivity contribution in [1.82, 2.24) is 0 Å². The molecule has 0 heterocycles. The molecule has 0 aliphatic heterocycles. The van der Waals surface area contributed by atoms with Gasteiger partial charge in [0.1, 0.15) is 0 Å². The smallest absolute Gasteiger partial charge is 0.0546 e. The number of rotatable bonds is 6. The van der Waals surface area contributed by atoms with Gasteiger partial charge in [0, 0.05) is 22.4 Å². The van der Waals surface area contributed by atoms with Crippen LogP contribution in [0.3, 0.4) is 0 Å². The Bertz CT molecular complexity index is 2520. The van der Waals surface area contributed by atoms with Gasteiger partial charge >= 0.3 is 0 Å². The molecule has 1 fully saturated rings. The monoisotopic (exact) mass is 715 g/mol. The Morgan fingerprint density at radius 1 is 0.545 bits per heavy atom. The average Bonchev–Trinajstić information content (AvgIpc) is 3.44. The molecule has 0 bridgehead atoms. The molecule has 0 N–H and O–H groups in total. The van der Waals surface area contributed by atoms with E-state index in [0.717, 1.165) is 5.69 Å². The van der Waals surface area contributed by atoms with Gasteiger partial charge in [-0.15, -0.1) is 0 Å². The Labute approximate surface area is 328 Å². The molecule has 2 aliphatic carbocycles. The van der Waals surface area contributed by atoms with Gasteiger partial charge in [0.15, 0.2) is 0 Å². The second-order valence-electron chi connectivity index (χ2n) is 17.7. The van der Waals surface area contributed by atoms with Crippen molar-refractivity contribution < 1.29 is 0 Å². The maximum absolute atomic E-state index is 2.52. The summed E-state index contributed by atoms with van der Waals surface area (Å²) < 4.78 is 0. The zero-order valence-electron chi connectivity index (χ0n) is 33.4. The highest BCUT2D eigenvalue weighted by molar-refractivity contribution is 5.99. The van der Waals surface area contributed by atoms with Gasteiger partial charge in [0.05, 0.1) is 5.69 Å². The van der Waals surface area contributed by atoms with Crippen molar-refractivity contribution in [3.8, 4) is 33.4 Å². The van der Waals surface area contributed by atoms with E-state index in [0.29, 0.717) is 5.92 Å². The molecule has 7 aromatic rings. The number of hydrogen-bond donors (Lipinski definition) is 0. The van der Waals surface area contributed by atoms with Crippen LogP contribution < -0.4 is 4.90 Å². The summed E-state index contributed by atoms with van der Waals surface area (Å²) in [5.41, 5.74) is 18.1. The molecular weight excluding hydrogens is 663 g/mol. The van der Waals surface area contributed by atoms with Crippen LogP contribution in [0.1, 0.15) is 100 Å². The topological polar surface area (TPSA) is 3.24 Å². The zero-order valence-corrected chi connectivity index (χ0v) is 33.4. The summed E-state index contributed by atoms with van der Waals surface area (Å²) in [6.07, 6.45) is 6.76. The first-order valence-corrected chi connectivity index (χ1v) is 20.5. The normalized spacial score (nSPS) is 15.2. The van der Waals surface area contributed by atoms with Crippen LogP contribution in [0.5, 0.6) is 0 Å². The summed E-state index contributed by atoms with van der Waals surface area (Å²) in [4.78, 5) is 2.52. The van der Waals surface area contributed by atoms with Crippen LogP contribution in [0, 0.1) is 6.92 Å². The molecule has 0 radical (unpaired) electrons. The molecule has 0 aromatic heterocycles. The van der Waals surface area contributed by atoms with Gasteiger partial charge in [-0.1, -0.05) is 163 Å². The molecule has 1 saturated carbocycles. The van der Waals surface area contributed by atoms with E-state index < -0.39 is 0 Å². The lowest BCUT2D eigenvalue weighted by atomic mass is 9.81. The summed E-state index contributed by atoms with van der Waals surface area (Å²) in [6.45, 7) is 14.0. The number of fused-ring (bicyclic) bond motifs is 4. The first-order chi connectivity index (χ1) is 26.6. The minimum Gasteiger partial charge on any atom is -0.310 e. The van der Waals surface area contributed by atoms with Crippen LogP contribution in [0.15, 0.2) is 146 Å². The molecule has 274 valence electrons. The molecule has 1 heteroatoms. The van der Waals surface area contributed by atoms with E-state index in [-0.39, 0.29) is 10.8 Å². The molecule has 0 saturated heterocycles. The van der Waals surface area contributed by atoms with E-state index >= 15 is 0 Å². The van der Waals surface area contributed by atoms with Crippen molar-refractivity contribution in [3.63, 3.8) is 0 Å². The maximum Gasteiger partial charge on any atom is 0.0546 e. The summed E-state index contributed by atoms with van der Waals surface area (Å²) in [5.74, 6) is 0.715. The highest BCUT2D eigenvalue weighted by atomic mass is 15.1.